The SMILES string of the molecule is CCCN(CCCN)c1ncc(Cl)cc1Br. The second-order valence-electron chi connectivity index (χ2n) is 3.59. The smallest absolute Gasteiger partial charge is 0.142 e. The van der Waals surface area contributed by atoms with Gasteiger partial charge in [-0.2, -0.15) is 0 Å². The molecule has 0 spiro atoms. The Balaban J connectivity index is 2.82. The van der Waals surface area contributed by atoms with Crippen LogP contribution in [0.1, 0.15) is 19.8 Å². The largest absolute Gasteiger partial charge is 0.356 e. The van der Waals surface area contributed by atoms with Crippen LogP contribution in [0.25, 0.3) is 0 Å². The van der Waals surface area contributed by atoms with Crippen molar-refractivity contribution in [1.29, 1.82) is 0 Å². The third kappa shape index (κ3) is 3.92. The molecule has 5 heteroatoms. The summed E-state index contributed by atoms with van der Waals surface area (Å²) < 4.78 is 0.936. The maximum Gasteiger partial charge on any atom is 0.142 e. The van der Waals surface area contributed by atoms with Gasteiger partial charge in [0.15, 0.2) is 0 Å². The van der Waals surface area contributed by atoms with Crippen LogP contribution in [-0.2, 0) is 0 Å². The van der Waals surface area contributed by atoms with Gasteiger partial charge in [0.25, 0.3) is 0 Å². The second-order valence-corrected chi connectivity index (χ2v) is 4.88. The van der Waals surface area contributed by atoms with Gasteiger partial charge < -0.3 is 10.6 Å². The Hall–Kier alpha value is -0.320. The molecule has 0 bridgehead atoms. The third-order valence-corrected chi connectivity index (χ3v) is 3.00. The molecule has 1 heterocycles. The van der Waals surface area contributed by atoms with Gasteiger partial charge in [-0.05, 0) is 41.4 Å². The van der Waals surface area contributed by atoms with E-state index in [2.05, 4.69) is 32.7 Å². The zero-order valence-corrected chi connectivity index (χ0v) is 11.8. The molecule has 0 aliphatic rings. The molecule has 0 aromatic carbocycles. The summed E-state index contributed by atoms with van der Waals surface area (Å²) in [7, 11) is 0. The fourth-order valence-electron chi connectivity index (χ4n) is 1.52. The van der Waals surface area contributed by atoms with Gasteiger partial charge in [-0.3, -0.25) is 0 Å². The monoisotopic (exact) mass is 305 g/mol. The van der Waals surface area contributed by atoms with Crippen LogP contribution in [0.15, 0.2) is 16.7 Å². The number of pyridine rings is 1. The van der Waals surface area contributed by atoms with Crippen LogP contribution in [0.2, 0.25) is 5.02 Å². The molecule has 16 heavy (non-hydrogen) atoms. The van der Waals surface area contributed by atoms with Gasteiger partial charge in [0, 0.05) is 19.3 Å². The van der Waals surface area contributed by atoms with Crippen LogP contribution in [0, 0.1) is 0 Å². The molecule has 1 rings (SSSR count). The summed E-state index contributed by atoms with van der Waals surface area (Å²) in [6.07, 6.45) is 3.73. The first kappa shape index (κ1) is 13.7. The number of hydrogen-bond acceptors (Lipinski definition) is 3. The van der Waals surface area contributed by atoms with E-state index in [4.69, 9.17) is 17.3 Å². The first-order valence-electron chi connectivity index (χ1n) is 5.45. The molecule has 3 nitrogen and oxygen atoms in total. The van der Waals surface area contributed by atoms with Gasteiger partial charge in [0.2, 0.25) is 0 Å². The van der Waals surface area contributed by atoms with E-state index in [0.29, 0.717) is 11.6 Å². The van der Waals surface area contributed by atoms with E-state index in [1.165, 1.54) is 0 Å². The van der Waals surface area contributed by atoms with E-state index in [-0.39, 0.29) is 0 Å². The number of hydrogen-bond donors (Lipinski definition) is 1. The summed E-state index contributed by atoms with van der Waals surface area (Å²) in [5.74, 6) is 0.944. The minimum absolute atomic E-state index is 0.644. The van der Waals surface area contributed by atoms with Crippen molar-refractivity contribution in [2.45, 2.75) is 19.8 Å². The zero-order valence-electron chi connectivity index (χ0n) is 9.42. The molecule has 1 aromatic heterocycles. The quantitative estimate of drug-likeness (QED) is 0.878. The molecule has 0 saturated heterocycles. The second kappa shape index (κ2) is 7.09. The average Bonchev–Trinajstić information content (AvgIpc) is 2.25. The Morgan fingerprint density at radius 2 is 2.25 bits per heavy atom. The van der Waals surface area contributed by atoms with E-state index >= 15 is 0 Å². The van der Waals surface area contributed by atoms with Gasteiger partial charge >= 0.3 is 0 Å². The zero-order chi connectivity index (χ0) is 12.0. The van der Waals surface area contributed by atoms with Crippen molar-refractivity contribution < 1.29 is 0 Å². The highest BCUT2D eigenvalue weighted by Crippen LogP contribution is 2.26. The van der Waals surface area contributed by atoms with Crippen molar-refractivity contribution in [2.24, 2.45) is 5.73 Å². The molecule has 90 valence electrons. The van der Waals surface area contributed by atoms with Crippen molar-refractivity contribution in [3.05, 3.63) is 21.8 Å². The highest BCUT2D eigenvalue weighted by molar-refractivity contribution is 9.10. The highest BCUT2D eigenvalue weighted by atomic mass is 79.9. The standard InChI is InChI=1S/C11H17BrClN3/c1-2-5-16(6-3-4-14)11-10(12)7-9(13)8-15-11/h7-8H,2-6,14H2,1H3. The molecule has 0 aliphatic carbocycles. The van der Waals surface area contributed by atoms with E-state index in [1.807, 2.05) is 6.07 Å². The van der Waals surface area contributed by atoms with Crippen molar-refractivity contribution in [3.63, 3.8) is 0 Å². The molecule has 0 aliphatic heterocycles. The Kier molecular flexibility index (Phi) is 6.09. The van der Waals surface area contributed by atoms with E-state index in [9.17, 15) is 0 Å². The molecular formula is C11H17BrClN3. The minimum Gasteiger partial charge on any atom is -0.356 e. The summed E-state index contributed by atoms with van der Waals surface area (Å²) in [6, 6.07) is 1.87. The minimum atomic E-state index is 0.644. The van der Waals surface area contributed by atoms with Gasteiger partial charge in [-0.15, -0.1) is 0 Å². The summed E-state index contributed by atoms with van der Waals surface area (Å²) in [5, 5.41) is 0.644. The molecular weight excluding hydrogens is 289 g/mol. The van der Waals surface area contributed by atoms with Crippen molar-refractivity contribution in [3.8, 4) is 0 Å². The fourth-order valence-corrected chi connectivity index (χ4v) is 2.41. The van der Waals surface area contributed by atoms with E-state index in [0.717, 1.165) is 36.2 Å². The Morgan fingerprint density at radius 3 is 2.81 bits per heavy atom. The van der Waals surface area contributed by atoms with Crippen LogP contribution in [0.3, 0.4) is 0 Å². The third-order valence-electron chi connectivity index (χ3n) is 2.21. The predicted molar refractivity (Wildman–Crippen MR) is 73.1 cm³/mol. The van der Waals surface area contributed by atoms with Crippen LogP contribution in [0.4, 0.5) is 5.82 Å². The Morgan fingerprint density at radius 1 is 1.50 bits per heavy atom. The number of aromatic nitrogens is 1. The molecule has 0 unspecified atom stereocenters. The molecule has 0 fully saturated rings. The predicted octanol–water partition coefficient (Wildman–Crippen LogP) is 3.06. The molecule has 1 aromatic rings. The molecule has 0 atom stereocenters. The number of nitrogens with two attached hydrogens (primary N) is 1. The summed E-state index contributed by atoms with van der Waals surface area (Å²) in [4.78, 5) is 6.59. The van der Waals surface area contributed by atoms with Crippen LogP contribution >= 0.6 is 27.5 Å². The first-order chi connectivity index (χ1) is 7.69. The summed E-state index contributed by atoms with van der Waals surface area (Å²) in [6.45, 7) is 4.76. The van der Waals surface area contributed by atoms with Crippen molar-refractivity contribution >= 4 is 33.3 Å². The van der Waals surface area contributed by atoms with Crippen LogP contribution in [-0.4, -0.2) is 24.6 Å². The lowest BCUT2D eigenvalue weighted by Gasteiger charge is -2.24. The lowest BCUT2D eigenvalue weighted by atomic mass is 10.3. The normalized spacial score (nSPS) is 10.5. The number of rotatable bonds is 6. The van der Waals surface area contributed by atoms with Gasteiger partial charge in [0.1, 0.15) is 5.82 Å². The van der Waals surface area contributed by atoms with Gasteiger partial charge in [-0.25, -0.2) is 4.98 Å². The lowest BCUT2D eigenvalue weighted by Crippen LogP contribution is -2.28. The van der Waals surface area contributed by atoms with Crippen molar-refractivity contribution in [2.75, 3.05) is 24.5 Å². The number of nitrogens with zero attached hydrogens (tertiary/aromatic N) is 2. The maximum absolute atomic E-state index is 5.87. The molecule has 0 amide bonds. The average molecular weight is 307 g/mol. The first-order valence-corrected chi connectivity index (χ1v) is 6.62. The van der Waals surface area contributed by atoms with E-state index < -0.39 is 0 Å². The molecule has 0 radical (unpaired) electrons. The van der Waals surface area contributed by atoms with Crippen LogP contribution < -0.4 is 10.6 Å². The summed E-state index contributed by atoms with van der Waals surface area (Å²) in [5.41, 5.74) is 5.53. The van der Waals surface area contributed by atoms with Gasteiger partial charge in [0.05, 0.1) is 9.50 Å². The van der Waals surface area contributed by atoms with Crippen LogP contribution in [0.5, 0.6) is 0 Å². The topological polar surface area (TPSA) is 42.1 Å². The lowest BCUT2D eigenvalue weighted by molar-refractivity contribution is 0.710. The number of anilines is 1. The Labute approximate surface area is 110 Å². The van der Waals surface area contributed by atoms with Crippen molar-refractivity contribution in [1.82, 2.24) is 4.98 Å². The van der Waals surface area contributed by atoms with E-state index in [1.54, 1.807) is 6.20 Å². The molecule has 2 N–H and O–H groups in total. The van der Waals surface area contributed by atoms with Gasteiger partial charge in [-0.1, -0.05) is 18.5 Å². The summed E-state index contributed by atoms with van der Waals surface area (Å²) >= 11 is 9.36. The molecule has 0 saturated carbocycles. The number of halogens is 2. The Bertz CT molecular complexity index is 333. The fraction of sp³-hybridized carbons (Fsp3) is 0.545. The highest BCUT2D eigenvalue weighted by Gasteiger charge is 2.10. The maximum atomic E-state index is 5.87.